The van der Waals surface area contributed by atoms with Crippen LogP contribution in [-0.4, -0.2) is 32.9 Å². The van der Waals surface area contributed by atoms with E-state index in [0.717, 1.165) is 5.56 Å². The van der Waals surface area contributed by atoms with Gasteiger partial charge in [-0.2, -0.15) is 0 Å². The molecule has 1 aliphatic carbocycles. The first-order valence-corrected chi connectivity index (χ1v) is 9.63. The van der Waals surface area contributed by atoms with Crippen LogP contribution in [0, 0.1) is 0 Å². The van der Waals surface area contributed by atoms with Crippen molar-refractivity contribution in [3.05, 3.63) is 64.1 Å². The minimum absolute atomic E-state index is 0.141. The minimum Gasteiger partial charge on any atom is -0.383 e. The van der Waals surface area contributed by atoms with Gasteiger partial charge in [0.2, 0.25) is 0 Å². The molecule has 0 amide bonds. The second kappa shape index (κ2) is 6.32. The summed E-state index contributed by atoms with van der Waals surface area (Å²) in [6.07, 6.45) is 0. The highest BCUT2D eigenvalue weighted by molar-refractivity contribution is 7.92. The number of nitrogens with two attached hydrogens (primary N) is 1. The molecule has 3 rings (SSSR count). The van der Waals surface area contributed by atoms with E-state index in [1.807, 2.05) is 6.07 Å². The van der Waals surface area contributed by atoms with Crippen LogP contribution < -0.4 is 5.73 Å². The largest absolute Gasteiger partial charge is 0.383 e. The van der Waals surface area contributed by atoms with Gasteiger partial charge in [0, 0.05) is 23.1 Å². The summed E-state index contributed by atoms with van der Waals surface area (Å²) in [7, 11) is -2.12. The van der Waals surface area contributed by atoms with E-state index in [-0.39, 0.29) is 17.4 Å². The number of hydrogen-bond acceptors (Lipinski definition) is 4. The number of halogens is 2. The van der Waals surface area contributed by atoms with Crippen molar-refractivity contribution in [1.29, 1.82) is 0 Å². The lowest BCUT2D eigenvalue weighted by molar-refractivity contribution is 0.171. The standard InChI is InChI=1S/C17H17Cl2NO3S/c1-23-10-17(20)15(11-3-2-4-13(19)9-11)16(17)24(21,22)14-7-5-12(18)6-8-14/h2-9,15-16H,10,20H2,1H3/t15-,16+,17-/m1/s1. The molecule has 24 heavy (non-hydrogen) atoms. The van der Waals surface area contributed by atoms with Gasteiger partial charge in [-0.3, -0.25) is 0 Å². The summed E-state index contributed by atoms with van der Waals surface area (Å²) in [5.41, 5.74) is 6.22. The molecule has 128 valence electrons. The van der Waals surface area contributed by atoms with E-state index in [0.29, 0.717) is 10.0 Å². The molecule has 1 saturated carbocycles. The molecule has 2 aromatic carbocycles. The zero-order chi connectivity index (χ0) is 17.5. The molecule has 0 bridgehead atoms. The zero-order valence-electron chi connectivity index (χ0n) is 12.9. The topological polar surface area (TPSA) is 69.4 Å². The molecule has 0 aliphatic heterocycles. The first-order chi connectivity index (χ1) is 11.3. The Hall–Kier alpha value is -1.11. The Bertz CT molecular complexity index is 854. The Balaban J connectivity index is 2.03. The van der Waals surface area contributed by atoms with Crippen molar-refractivity contribution in [2.24, 2.45) is 5.73 Å². The van der Waals surface area contributed by atoms with Gasteiger partial charge in [0.1, 0.15) is 0 Å². The number of rotatable bonds is 5. The Morgan fingerprint density at radius 3 is 2.38 bits per heavy atom. The van der Waals surface area contributed by atoms with Crippen molar-refractivity contribution in [1.82, 2.24) is 0 Å². The summed E-state index contributed by atoms with van der Waals surface area (Å²) < 4.78 is 31.3. The van der Waals surface area contributed by atoms with E-state index in [2.05, 4.69) is 0 Å². The third kappa shape index (κ3) is 2.95. The van der Waals surface area contributed by atoms with Gasteiger partial charge >= 0.3 is 0 Å². The summed E-state index contributed by atoms with van der Waals surface area (Å²) >= 11 is 11.9. The van der Waals surface area contributed by atoms with Crippen LogP contribution in [0.5, 0.6) is 0 Å². The van der Waals surface area contributed by atoms with Crippen LogP contribution in [0.3, 0.4) is 0 Å². The maximum Gasteiger partial charge on any atom is 0.183 e. The lowest BCUT2D eigenvalue weighted by Gasteiger charge is -2.11. The van der Waals surface area contributed by atoms with Crippen molar-refractivity contribution in [3.8, 4) is 0 Å². The maximum atomic E-state index is 13.1. The SMILES string of the molecule is COC[C@@]1(N)[C@H](c2cccc(Cl)c2)[C@@H]1S(=O)(=O)c1ccc(Cl)cc1. The molecule has 0 spiro atoms. The summed E-state index contributed by atoms with van der Waals surface area (Å²) in [4.78, 5) is 0.201. The number of hydrogen-bond donors (Lipinski definition) is 1. The predicted molar refractivity (Wildman–Crippen MR) is 95.4 cm³/mol. The van der Waals surface area contributed by atoms with Gasteiger partial charge in [-0.25, -0.2) is 8.42 Å². The third-order valence-corrected chi connectivity index (χ3v) is 7.18. The van der Waals surface area contributed by atoms with Crippen LogP contribution in [0.2, 0.25) is 10.0 Å². The number of methoxy groups -OCH3 is 1. The Morgan fingerprint density at radius 1 is 1.12 bits per heavy atom. The monoisotopic (exact) mass is 385 g/mol. The summed E-state index contributed by atoms with van der Waals surface area (Å²) in [6.45, 7) is 0.141. The molecular weight excluding hydrogens is 369 g/mol. The maximum absolute atomic E-state index is 13.1. The summed E-state index contributed by atoms with van der Waals surface area (Å²) in [5, 5.41) is 0.249. The number of benzene rings is 2. The van der Waals surface area contributed by atoms with E-state index < -0.39 is 20.6 Å². The smallest absolute Gasteiger partial charge is 0.183 e. The van der Waals surface area contributed by atoms with E-state index in [1.165, 1.54) is 19.2 Å². The number of sulfone groups is 1. The molecule has 1 aliphatic rings. The van der Waals surface area contributed by atoms with E-state index in [1.54, 1.807) is 30.3 Å². The molecule has 0 radical (unpaired) electrons. The second-order valence-electron chi connectivity index (χ2n) is 6.00. The van der Waals surface area contributed by atoms with Gasteiger partial charge in [-0.05, 0) is 42.0 Å². The Labute approximate surface area is 151 Å². The molecule has 2 aromatic rings. The molecule has 2 N–H and O–H groups in total. The van der Waals surface area contributed by atoms with Crippen molar-refractivity contribution >= 4 is 33.0 Å². The van der Waals surface area contributed by atoms with Crippen LogP contribution in [0.25, 0.3) is 0 Å². The normalized spacial score (nSPS) is 26.3. The van der Waals surface area contributed by atoms with E-state index in [4.69, 9.17) is 33.7 Å². The quantitative estimate of drug-likeness (QED) is 0.856. The van der Waals surface area contributed by atoms with Gasteiger partial charge in [0.15, 0.2) is 9.84 Å². The minimum atomic E-state index is -3.63. The Morgan fingerprint density at radius 2 is 1.79 bits per heavy atom. The van der Waals surface area contributed by atoms with E-state index >= 15 is 0 Å². The predicted octanol–water partition coefficient (Wildman–Crippen LogP) is 3.28. The second-order valence-corrected chi connectivity index (χ2v) is 8.94. The highest BCUT2D eigenvalue weighted by Crippen LogP contribution is 2.56. The van der Waals surface area contributed by atoms with Gasteiger partial charge in [-0.1, -0.05) is 35.3 Å². The average molecular weight is 386 g/mol. The van der Waals surface area contributed by atoms with Gasteiger partial charge in [0.05, 0.1) is 22.3 Å². The van der Waals surface area contributed by atoms with Crippen LogP contribution in [0.4, 0.5) is 0 Å². The highest BCUT2D eigenvalue weighted by atomic mass is 35.5. The molecule has 4 nitrogen and oxygen atoms in total. The summed E-state index contributed by atoms with van der Waals surface area (Å²) in [6, 6.07) is 13.2. The van der Waals surface area contributed by atoms with Crippen LogP contribution in [0.1, 0.15) is 11.5 Å². The first-order valence-electron chi connectivity index (χ1n) is 7.33. The fourth-order valence-electron chi connectivity index (χ4n) is 3.27. The average Bonchev–Trinajstić information content (AvgIpc) is 3.14. The van der Waals surface area contributed by atoms with Gasteiger partial charge in [-0.15, -0.1) is 0 Å². The van der Waals surface area contributed by atoms with Crippen molar-refractivity contribution in [2.75, 3.05) is 13.7 Å². The van der Waals surface area contributed by atoms with E-state index in [9.17, 15) is 8.42 Å². The molecule has 0 unspecified atom stereocenters. The fraction of sp³-hybridized carbons (Fsp3) is 0.294. The molecule has 1 fully saturated rings. The lowest BCUT2D eigenvalue weighted by Crippen LogP contribution is -2.35. The Kier molecular flexibility index (Phi) is 4.66. The van der Waals surface area contributed by atoms with Crippen molar-refractivity contribution < 1.29 is 13.2 Å². The highest BCUT2D eigenvalue weighted by Gasteiger charge is 2.69. The summed E-state index contributed by atoms with van der Waals surface area (Å²) in [5.74, 6) is -0.378. The molecule has 7 heteroatoms. The molecule has 0 saturated heterocycles. The van der Waals surface area contributed by atoms with Crippen LogP contribution in [-0.2, 0) is 14.6 Å². The molecule has 0 heterocycles. The molecule has 0 aromatic heterocycles. The first kappa shape index (κ1) is 17.7. The van der Waals surface area contributed by atoms with Crippen molar-refractivity contribution in [2.45, 2.75) is 21.6 Å². The zero-order valence-corrected chi connectivity index (χ0v) is 15.3. The molecular formula is C17H17Cl2NO3S. The molecule has 3 atom stereocenters. The van der Waals surface area contributed by atoms with Gasteiger partial charge < -0.3 is 10.5 Å². The fourth-order valence-corrected chi connectivity index (χ4v) is 5.88. The van der Waals surface area contributed by atoms with Crippen molar-refractivity contribution in [3.63, 3.8) is 0 Å². The van der Waals surface area contributed by atoms with Gasteiger partial charge in [0.25, 0.3) is 0 Å². The third-order valence-electron chi connectivity index (χ3n) is 4.38. The van der Waals surface area contributed by atoms with Crippen LogP contribution in [0.15, 0.2) is 53.4 Å². The number of ether oxygens (including phenoxy) is 1. The lowest BCUT2D eigenvalue weighted by atomic mass is 10.1. The van der Waals surface area contributed by atoms with Crippen LogP contribution >= 0.6 is 23.2 Å².